The van der Waals surface area contributed by atoms with Crippen molar-refractivity contribution in [3.8, 4) is 0 Å². The van der Waals surface area contributed by atoms with Crippen molar-refractivity contribution >= 4 is 5.52 Å². The van der Waals surface area contributed by atoms with Gasteiger partial charge in [-0.2, -0.15) is 0 Å². The first-order chi connectivity index (χ1) is 9.70. The van der Waals surface area contributed by atoms with Crippen LogP contribution in [0.2, 0.25) is 0 Å². The summed E-state index contributed by atoms with van der Waals surface area (Å²) in [5.41, 5.74) is 8.16. The molecule has 0 spiro atoms. The molecule has 4 heteroatoms. The topological polar surface area (TPSA) is 46.6 Å². The zero-order valence-corrected chi connectivity index (χ0v) is 12.4. The van der Waals surface area contributed by atoms with E-state index >= 15 is 0 Å². The second-order valence-electron chi connectivity index (χ2n) is 5.99. The van der Waals surface area contributed by atoms with Gasteiger partial charge in [0.05, 0.1) is 11.7 Å². The summed E-state index contributed by atoms with van der Waals surface area (Å²) in [5.74, 6) is 1.15. The van der Waals surface area contributed by atoms with E-state index in [4.69, 9.17) is 5.73 Å². The molecule has 0 aromatic carbocycles. The number of likely N-dealkylation sites (tertiary alicyclic amines) is 1. The van der Waals surface area contributed by atoms with Crippen LogP contribution in [0.15, 0.2) is 24.4 Å². The number of imidazole rings is 1. The Bertz CT molecular complexity index is 587. The lowest BCUT2D eigenvalue weighted by Gasteiger charge is -2.28. The van der Waals surface area contributed by atoms with Gasteiger partial charge in [-0.05, 0) is 45.4 Å². The quantitative estimate of drug-likeness (QED) is 0.928. The number of rotatable bonds is 4. The molecule has 0 radical (unpaired) electrons. The van der Waals surface area contributed by atoms with Crippen LogP contribution in [-0.4, -0.2) is 32.9 Å². The maximum atomic E-state index is 5.87. The highest BCUT2D eigenvalue weighted by Gasteiger charge is 2.27. The van der Waals surface area contributed by atoms with Gasteiger partial charge >= 0.3 is 0 Å². The normalized spacial score (nSPS) is 20.3. The van der Waals surface area contributed by atoms with Gasteiger partial charge in [0.1, 0.15) is 5.82 Å². The van der Waals surface area contributed by atoms with E-state index in [1.807, 2.05) is 6.20 Å². The Labute approximate surface area is 120 Å². The molecule has 0 amide bonds. The van der Waals surface area contributed by atoms with E-state index in [-0.39, 0.29) is 0 Å². The van der Waals surface area contributed by atoms with Crippen molar-refractivity contribution in [3.63, 3.8) is 0 Å². The Balaban J connectivity index is 1.91. The zero-order valence-electron chi connectivity index (χ0n) is 12.4. The lowest BCUT2D eigenvalue weighted by Crippen LogP contribution is -2.37. The summed E-state index contributed by atoms with van der Waals surface area (Å²) >= 11 is 0. The molecule has 0 bridgehead atoms. The van der Waals surface area contributed by atoms with Gasteiger partial charge in [-0.15, -0.1) is 0 Å². The standard InChI is InChI=1S/C16H24N4/c1-12(2)19-8-4-7-13(19)9-16-18-11-15-6-3-5-14(10-17)20(15)16/h3,5-6,11-13H,4,7-10,17H2,1-2H3. The summed E-state index contributed by atoms with van der Waals surface area (Å²) in [5, 5.41) is 0. The van der Waals surface area contributed by atoms with Crippen LogP contribution in [0.1, 0.15) is 38.2 Å². The number of pyridine rings is 1. The van der Waals surface area contributed by atoms with Gasteiger partial charge in [-0.1, -0.05) is 6.07 Å². The summed E-state index contributed by atoms with van der Waals surface area (Å²) in [6.45, 7) is 6.34. The molecule has 20 heavy (non-hydrogen) atoms. The molecular formula is C16H24N4. The summed E-state index contributed by atoms with van der Waals surface area (Å²) in [6.07, 6.45) is 5.56. The van der Waals surface area contributed by atoms with Gasteiger partial charge in [0.25, 0.3) is 0 Å². The van der Waals surface area contributed by atoms with Crippen molar-refractivity contribution in [1.29, 1.82) is 0 Å². The van der Waals surface area contributed by atoms with E-state index in [2.05, 4.69) is 46.3 Å². The van der Waals surface area contributed by atoms with E-state index in [1.54, 1.807) is 0 Å². The monoisotopic (exact) mass is 272 g/mol. The predicted molar refractivity (Wildman–Crippen MR) is 81.7 cm³/mol. The van der Waals surface area contributed by atoms with E-state index in [0.29, 0.717) is 18.6 Å². The Hall–Kier alpha value is -1.39. The van der Waals surface area contributed by atoms with Crippen molar-refractivity contribution in [2.45, 2.75) is 51.7 Å². The van der Waals surface area contributed by atoms with Crippen molar-refractivity contribution in [2.24, 2.45) is 5.73 Å². The molecule has 1 unspecified atom stereocenters. The van der Waals surface area contributed by atoms with Crippen LogP contribution in [0.4, 0.5) is 0 Å². The average Bonchev–Trinajstić information content (AvgIpc) is 3.06. The number of hydrogen-bond acceptors (Lipinski definition) is 3. The Morgan fingerprint density at radius 2 is 2.25 bits per heavy atom. The first-order valence-corrected chi connectivity index (χ1v) is 7.60. The van der Waals surface area contributed by atoms with E-state index < -0.39 is 0 Å². The van der Waals surface area contributed by atoms with Crippen molar-refractivity contribution in [1.82, 2.24) is 14.3 Å². The maximum Gasteiger partial charge on any atom is 0.115 e. The molecule has 3 rings (SSSR count). The summed E-state index contributed by atoms with van der Waals surface area (Å²) < 4.78 is 2.23. The van der Waals surface area contributed by atoms with Crippen LogP contribution in [0, 0.1) is 0 Å². The highest BCUT2D eigenvalue weighted by Crippen LogP contribution is 2.23. The average molecular weight is 272 g/mol. The molecular weight excluding hydrogens is 248 g/mol. The predicted octanol–water partition coefficient (Wildman–Crippen LogP) is 2.21. The van der Waals surface area contributed by atoms with Crippen LogP contribution in [0.25, 0.3) is 5.52 Å². The minimum absolute atomic E-state index is 0.555. The van der Waals surface area contributed by atoms with Crippen LogP contribution >= 0.6 is 0 Å². The highest BCUT2D eigenvalue weighted by molar-refractivity contribution is 5.47. The fraction of sp³-hybridized carbons (Fsp3) is 0.562. The largest absolute Gasteiger partial charge is 0.325 e. The molecule has 1 atom stereocenters. The van der Waals surface area contributed by atoms with E-state index in [0.717, 1.165) is 23.5 Å². The van der Waals surface area contributed by atoms with Crippen molar-refractivity contribution in [3.05, 3.63) is 35.9 Å². The Morgan fingerprint density at radius 1 is 1.40 bits per heavy atom. The van der Waals surface area contributed by atoms with Gasteiger partial charge in [-0.3, -0.25) is 9.30 Å². The third-order valence-electron chi connectivity index (χ3n) is 4.42. The molecule has 1 aliphatic heterocycles. The third kappa shape index (κ3) is 2.34. The van der Waals surface area contributed by atoms with Crippen molar-refractivity contribution in [2.75, 3.05) is 6.54 Å². The molecule has 108 valence electrons. The number of nitrogens with two attached hydrogens (primary N) is 1. The van der Waals surface area contributed by atoms with Crippen LogP contribution < -0.4 is 5.73 Å². The fourth-order valence-corrected chi connectivity index (χ4v) is 3.46. The Morgan fingerprint density at radius 3 is 3.00 bits per heavy atom. The fourth-order valence-electron chi connectivity index (χ4n) is 3.46. The number of hydrogen-bond donors (Lipinski definition) is 1. The molecule has 1 fully saturated rings. The number of aromatic nitrogens is 2. The van der Waals surface area contributed by atoms with Gasteiger partial charge in [0.2, 0.25) is 0 Å². The number of nitrogens with zero attached hydrogens (tertiary/aromatic N) is 3. The number of fused-ring (bicyclic) bond motifs is 1. The summed E-state index contributed by atoms with van der Waals surface area (Å²) in [7, 11) is 0. The second kappa shape index (κ2) is 5.54. The maximum absolute atomic E-state index is 5.87. The van der Waals surface area contributed by atoms with Crippen LogP contribution in [0.3, 0.4) is 0 Å². The summed E-state index contributed by atoms with van der Waals surface area (Å²) in [4.78, 5) is 7.25. The van der Waals surface area contributed by atoms with Gasteiger partial charge in [-0.25, -0.2) is 4.98 Å². The van der Waals surface area contributed by atoms with Crippen LogP contribution in [-0.2, 0) is 13.0 Å². The minimum Gasteiger partial charge on any atom is -0.325 e. The molecule has 2 N–H and O–H groups in total. The molecule has 0 aliphatic carbocycles. The molecule has 4 nitrogen and oxygen atoms in total. The van der Waals surface area contributed by atoms with Gasteiger partial charge in [0.15, 0.2) is 0 Å². The molecule has 1 aliphatic rings. The lowest BCUT2D eigenvalue weighted by molar-refractivity contribution is 0.201. The van der Waals surface area contributed by atoms with Gasteiger partial charge in [0, 0.05) is 30.7 Å². The van der Waals surface area contributed by atoms with Crippen molar-refractivity contribution < 1.29 is 0 Å². The molecule has 1 saturated heterocycles. The van der Waals surface area contributed by atoms with E-state index in [9.17, 15) is 0 Å². The van der Waals surface area contributed by atoms with E-state index in [1.165, 1.54) is 19.4 Å². The third-order valence-corrected chi connectivity index (χ3v) is 4.42. The SMILES string of the molecule is CC(C)N1CCCC1Cc1ncc2cccc(CN)n12. The minimum atomic E-state index is 0.555. The zero-order chi connectivity index (χ0) is 14.1. The Kier molecular flexibility index (Phi) is 3.76. The molecule has 2 aromatic rings. The molecule has 3 heterocycles. The summed E-state index contributed by atoms with van der Waals surface area (Å²) in [6, 6.07) is 7.48. The van der Waals surface area contributed by atoms with Gasteiger partial charge < -0.3 is 5.73 Å². The smallest absolute Gasteiger partial charge is 0.115 e. The van der Waals surface area contributed by atoms with Crippen LogP contribution in [0.5, 0.6) is 0 Å². The lowest BCUT2D eigenvalue weighted by atomic mass is 10.1. The molecule has 2 aromatic heterocycles. The highest BCUT2D eigenvalue weighted by atomic mass is 15.2. The molecule has 0 saturated carbocycles. The first kappa shape index (κ1) is 13.6. The second-order valence-corrected chi connectivity index (χ2v) is 5.99. The first-order valence-electron chi connectivity index (χ1n) is 7.60.